The van der Waals surface area contributed by atoms with Crippen molar-refractivity contribution < 1.29 is 14.3 Å². The Bertz CT molecular complexity index is 263. The summed E-state index contributed by atoms with van der Waals surface area (Å²) in [6.45, 7) is 1.48. The van der Waals surface area contributed by atoms with Crippen molar-refractivity contribution in [2.75, 3.05) is 0 Å². The van der Waals surface area contributed by atoms with Crippen molar-refractivity contribution in [1.29, 1.82) is 0 Å². The molecule has 1 saturated carbocycles. The zero-order valence-corrected chi connectivity index (χ0v) is 8.44. The number of fused-ring (bicyclic) bond motifs is 5. The average Bonchev–Trinajstić information content (AvgIpc) is 2.68. The van der Waals surface area contributed by atoms with E-state index >= 15 is 0 Å². The van der Waals surface area contributed by atoms with Crippen LogP contribution in [-0.4, -0.2) is 24.3 Å². The molecule has 0 amide bonds. The van der Waals surface area contributed by atoms with Crippen LogP contribution in [0.15, 0.2) is 0 Å². The van der Waals surface area contributed by atoms with Gasteiger partial charge in [0.15, 0.2) is 0 Å². The second-order valence-corrected chi connectivity index (χ2v) is 4.78. The van der Waals surface area contributed by atoms with Gasteiger partial charge in [-0.2, -0.15) is 0 Å². The Balaban J connectivity index is 1.73. The van der Waals surface area contributed by atoms with Crippen molar-refractivity contribution in [3.63, 3.8) is 0 Å². The summed E-state index contributed by atoms with van der Waals surface area (Å²) in [4.78, 5) is 10.9. The third-order valence-corrected chi connectivity index (χ3v) is 4.00. The van der Waals surface area contributed by atoms with Gasteiger partial charge in [0.05, 0.1) is 12.2 Å². The maximum Gasteiger partial charge on any atom is 0.302 e. The fourth-order valence-electron chi connectivity index (χ4n) is 3.58. The molecule has 2 aliphatic heterocycles. The van der Waals surface area contributed by atoms with Crippen LogP contribution in [0.2, 0.25) is 0 Å². The van der Waals surface area contributed by atoms with Gasteiger partial charge < -0.3 is 9.47 Å². The molecule has 0 N–H and O–H groups in total. The second-order valence-electron chi connectivity index (χ2n) is 4.78. The lowest BCUT2D eigenvalue weighted by Crippen LogP contribution is -2.36. The Morgan fingerprint density at radius 1 is 1.36 bits per heavy atom. The predicted molar refractivity (Wildman–Crippen MR) is 49.7 cm³/mol. The molecule has 14 heavy (non-hydrogen) atoms. The summed E-state index contributed by atoms with van der Waals surface area (Å²) < 4.78 is 11.2. The lowest BCUT2D eigenvalue weighted by Gasteiger charge is -2.27. The molecule has 5 unspecified atom stereocenters. The minimum Gasteiger partial charge on any atom is -0.460 e. The Kier molecular flexibility index (Phi) is 1.84. The van der Waals surface area contributed by atoms with Gasteiger partial charge in [-0.15, -0.1) is 0 Å². The molecule has 5 atom stereocenters. The first kappa shape index (κ1) is 8.72. The van der Waals surface area contributed by atoms with E-state index in [0.29, 0.717) is 12.0 Å². The summed E-state index contributed by atoms with van der Waals surface area (Å²) in [7, 11) is 0. The Hall–Kier alpha value is -0.570. The quantitative estimate of drug-likeness (QED) is 0.596. The van der Waals surface area contributed by atoms with Crippen LogP contribution in [0.1, 0.15) is 32.6 Å². The molecule has 0 aromatic rings. The summed E-state index contributed by atoms with van der Waals surface area (Å²) in [5.74, 6) is 1.28. The van der Waals surface area contributed by atoms with E-state index in [1.54, 1.807) is 0 Å². The highest BCUT2D eigenvalue weighted by Crippen LogP contribution is 2.52. The standard InChI is InChI=1S/C11H16O3/c1-6(12)13-10-5-9-7-3-2-4-8(7)11(10)14-9/h7-11H,2-5H2,1H3. The lowest BCUT2D eigenvalue weighted by atomic mass is 9.80. The van der Waals surface area contributed by atoms with Gasteiger partial charge in [-0.25, -0.2) is 0 Å². The first-order valence-electron chi connectivity index (χ1n) is 5.58. The van der Waals surface area contributed by atoms with Crippen LogP contribution in [-0.2, 0) is 14.3 Å². The van der Waals surface area contributed by atoms with Crippen molar-refractivity contribution in [1.82, 2.24) is 0 Å². The number of esters is 1. The van der Waals surface area contributed by atoms with Gasteiger partial charge in [0.25, 0.3) is 0 Å². The maximum atomic E-state index is 10.9. The van der Waals surface area contributed by atoms with Crippen LogP contribution in [0.4, 0.5) is 0 Å². The zero-order valence-electron chi connectivity index (χ0n) is 8.44. The molecule has 3 fully saturated rings. The smallest absolute Gasteiger partial charge is 0.302 e. The maximum absolute atomic E-state index is 10.9. The Morgan fingerprint density at radius 2 is 2.14 bits per heavy atom. The van der Waals surface area contributed by atoms with Crippen molar-refractivity contribution in [3.8, 4) is 0 Å². The van der Waals surface area contributed by atoms with Crippen LogP contribution in [0.3, 0.4) is 0 Å². The fourth-order valence-corrected chi connectivity index (χ4v) is 3.58. The van der Waals surface area contributed by atoms with Crippen molar-refractivity contribution >= 4 is 5.97 Å². The van der Waals surface area contributed by atoms with Crippen LogP contribution in [0.25, 0.3) is 0 Å². The first-order chi connectivity index (χ1) is 6.75. The van der Waals surface area contributed by atoms with Crippen molar-refractivity contribution in [3.05, 3.63) is 0 Å². The van der Waals surface area contributed by atoms with Crippen LogP contribution < -0.4 is 0 Å². The molecule has 3 nitrogen and oxygen atoms in total. The third-order valence-electron chi connectivity index (χ3n) is 4.00. The van der Waals surface area contributed by atoms with Crippen LogP contribution in [0.5, 0.6) is 0 Å². The molecule has 3 aliphatic rings. The average molecular weight is 196 g/mol. The molecule has 0 spiro atoms. The van der Waals surface area contributed by atoms with E-state index in [9.17, 15) is 4.79 Å². The monoisotopic (exact) mass is 196 g/mol. The number of hydrogen-bond acceptors (Lipinski definition) is 3. The summed E-state index contributed by atoms with van der Waals surface area (Å²) >= 11 is 0. The molecular weight excluding hydrogens is 180 g/mol. The van der Waals surface area contributed by atoms with Gasteiger partial charge in [-0.1, -0.05) is 6.42 Å². The molecule has 3 heteroatoms. The van der Waals surface area contributed by atoms with Gasteiger partial charge in [0.2, 0.25) is 0 Å². The molecule has 0 aromatic heterocycles. The molecule has 0 radical (unpaired) electrons. The normalized spacial score (nSPS) is 49.4. The number of hydrogen-bond donors (Lipinski definition) is 0. The molecule has 2 bridgehead atoms. The second kappa shape index (κ2) is 2.96. The SMILES string of the molecule is CC(=O)OC1CC2OC1C1CCCC21. The van der Waals surface area contributed by atoms with E-state index in [-0.39, 0.29) is 18.2 Å². The molecule has 78 valence electrons. The molecular formula is C11H16O3. The zero-order chi connectivity index (χ0) is 9.71. The number of ether oxygens (including phenoxy) is 2. The third kappa shape index (κ3) is 1.11. The van der Waals surface area contributed by atoms with E-state index in [4.69, 9.17) is 9.47 Å². The van der Waals surface area contributed by atoms with E-state index < -0.39 is 0 Å². The molecule has 3 rings (SSSR count). The molecule has 2 heterocycles. The number of carbonyl (C=O) groups excluding carboxylic acids is 1. The Labute approximate surface area is 83.8 Å². The molecule has 0 aromatic carbocycles. The van der Waals surface area contributed by atoms with E-state index in [0.717, 1.165) is 12.3 Å². The van der Waals surface area contributed by atoms with Crippen LogP contribution in [0, 0.1) is 11.8 Å². The van der Waals surface area contributed by atoms with Gasteiger partial charge in [0, 0.05) is 13.3 Å². The highest BCUT2D eigenvalue weighted by atomic mass is 16.6. The van der Waals surface area contributed by atoms with E-state index in [2.05, 4.69) is 0 Å². The predicted octanol–water partition coefficient (Wildman–Crippen LogP) is 1.51. The van der Waals surface area contributed by atoms with Gasteiger partial charge in [-0.05, 0) is 24.7 Å². The first-order valence-corrected chi connectivity index (χ1v) is 5.58. The lowest BCUT2D eigenvalue weighted by molar-refractivity contribution is -0.150. The number of rotatable bonds is 1. The fraction of sp³-hybridized carbons (Fsp3) is 0.909. The molecule has 2 saturated heterocycles. The van der Waals surface area contributed by atoms with Gasteiger partial charge in [-0.3, -0.25) is 4.79 Å². The van der Waals surface area contributed by atoms with Crippen molar-refractivity contribution in [2.24, 2.45) is 11.8 Å². The number of carbonyl (C=O) groups is 1. The van der Waals surface area contributed by atoms with Gasteiger partial charge >= 0.3 is 5.97 Å². The summed E-state index contributed by atoms with van der Waals surface area (Å²) in [6.07, 6.45) is 5.51. The highest BCUT2D eigenvalue weighted by Gasteiger charge is 2.56. The largest absolute Gasteiger partial charge is 0.460 e. The summed E-state index contributed by atoms with van der Waals surface area (Å²) in [5.41, 5.74) is 0. The highest BCUT2D eigenvalue weighted by molar-refractivity contribution is 5.66. The van der Waals surface area contributed by atoms with Gasteiger partial charge in [0.1, 0.15) is 6.10 Å². The molecule has 1 aliphatic carbocycles. The minimum absolute atomic E-state index is 0.0526. The Morgan fingerprint density at radius 3 is 2.93 bits per heavy atom. The topological polar surface area (TPSA) is 35.5 Å². The van der Waals surface area contributed by atoms with Crippen molar-refractivity contribution in [2.45, 2.75) is 50.9 Å². The summed E-state index contributed by atoms with van der Waals surface area (Å²) in [5, 5.41) is 0. The minimum atomic E-state index is -0.166. The summed E-state index contributed by atoms with van der Waals surface area (Å²) in [6, 6.07) is 0. The van der Waals surface area contributed by atoms with E-state index in [1.807, 2.05) is 0 Å². The van der Waals surface area contributed by atoms with Crippen LogP contribution >= 0.6 is 0 Å². The van der Waals surface area contributed by atoms with E-state index in [1.165, 1.54) is 26.2 Å².